The minimum atomic E-state index is -3.43. The molecular weight excluding hydrogens is 262 g/mol. The van der Waals surface area contributed by atoms with Crippen molar-refractivity contribution in [1.82, 2.24) is 14.8 Å². The summed E-state index contributed by atoms with van der Waals surface area (Å²) < 4.78 is 24.8. The number of hydrogen-bond donors (Lipinski definition) is 0. The Hall–Kier alpha value is -2.21. The second kappa shape index (κ2) is 3.89. The van der Waals surface area contributed by atoms with Gasteiger partial charge in [0.1, 0.15) is 0 Å². The van der Waals surface area contributed by atoms with Crippen LogP contribution in [0.2, 0.25) is 0 Å². The quantitative estimate of drug-likeness (QED) is 0.676. The van der Waals surface area contributed by atoms with Crippen LogP contribution in [0, 0.1) is 0 Å². The lowest BCUT2D eigenvalue weighted by atomic mass is 10.0. The Kier molecular flexibility index (Phi) is 2.43. The average molecular weight is 273 g/mol. The summed E-state index contributed by atoms with van der Waals surface area (Å²) in [6, 6.07) is 7.69. The highest BCUT2D eigenvalue weighted by molar-refractivity contribution is 7.90. The zero-order chi connectivity index (χ0) is 13.6. The van der Waals surface area contributed by atoms with Crippen molar-refractivity contribution < 1.29 is 8.42 Å². The molecule has 1 aliphatic rings. The summed E-state index contributed by atoms with van der Waals surface area (Å²) in [6.07, 6.45) is 4.59. The molecule has 19 heavy (non-hydrogen) atoms. The second-order valence-corrected chi connectivity index (χ2v) is 6.24. The van der Waals surface area contributed by atoms with Crippen molar-refractivity contribution >= 4 is 27.7 Å². The van der Waals surface area contributed by atoms with Crippen LogP contribution in [-0.4, -0.2) is 29.4 Å². The number of aromatic nitrogens is 3. The Morgan fingerprint density at radius 2 is 1.95 bits per heavy atom. The third kappa shape index (κ3) is 1.80. The Labute approximate surface area is 110 Å². The minimum absolute atomic E-state index is 0.0762. The van der Waals surface area contributed by atoms with Gasteiger partial charge in [0, 0.05) is 18.0 Å². The van der Waals surface area contributed by atoms with E-state index in [0.29, 0.717) is 11.4 Å². The van der Waals surface area contributed by atoms with Gasteiger partial charge in [-0.2, -0.15) is 0 Å². The van der Waals surface area contributed by atoms with E-state index in [4.69, 9.17) is 0 Å². The Morgan fingerprint density at radius 3 is 2.68 bits per heavy atom. The molecule has 0 bridgehead atoms. The average Bonchev–Trinajstić information content (AvgIpc) is 2.74. The third-order valence-electron chi connectivity index (χ3n) is 2.96. The van der Waals surface area contributed by atoms with E-state index in [0.717, 1.165) is 17.4 Å². The van der Waals surface area contributed by atoms with Crippen molar-refractivity contribution in [2.24, 2.45) is 0 Å². The fraction of sp³-hybridized carbons (Fsp3) is 0.0769. The van der Waals surface area contributed by atoms with Crippen LogP contribution in [-0.2, 0) is 9.84 Å². The largest absolute Gasteiger partial charge is 0.273 e. The molecule has 0 spiro atoms. The molecule has 1 aromatic carbocycles. The van der Waals surface area contributed by atoms with E-state index < -0.39 is 9.84 Å². The van der Waals surface area contributed by atoms with Gasteiger partial charge < -0.3 is 0 Å². The minimum Gasteiger partial charge on any atom is -0.273 e. The second-order valence-electron chi connectivity index (χ2n) is 4.33. The summed E-state index contributed by atoms with van der Waals surface area (Å²) in [5.74, 6) is 0.446. The highest BCUT2D eigenvalue weighted by atomic mass is 32.2. The van der Waals surface area contributed by atoms with E-state index in [9.17, 15) is 8.42 Å². The lowest BCUT2D eigenvalue weighted by Crippen LogP contribution is -2.06. The molecule has 5 nitrogen and oxygen atoms in total. The van der Waals surface area contributed by atoms with Gasteiger partial charge in [-0.1, -0.05) is 30.8 Å². The predicted octanol–water partition coefficient (Wildman–Crippen LogP) is 1.68. The van der Waals surface area contributed by atoms with E-state index in [1.807, 2.05) is 30.3 Å². The summed E-state index contributed by atoms with van der Waals surface area (Å²) in [5, 5.41) is 7.62. The van der Waals surface area contributed by atoms with Crippen molar-refractivity contribution in [3.05, 3.63) is 47.8 Å². The number of hydrogen-bond acceptors (Lipinski definition) is 4. The van der Waals surface area contributed by atoms with E-state index in [-0.39, 0.29) is 5.16 Å². The van der Waals surface area contributed by atoms with Gasteiger partial charge >= 0.3 is 0 Å². The molecule has 0 atom stereocenters. The standard InChI is InChI=1S/C13H11N3O2S/c1-9-11-6-4-3-5-10(11)7-8-16-12(9)14-15-13(16)19(2,17)18/h3-8H,1H2,2H3. The van der Waals surface area contributed by atoms with Gasteiger partial charge in [0.05, 0.1) is 0 Å². The normalized spacial score (nSPS) is 13.8. The first kappa shape index (κ1) is 11.9. The number of sulfone groups is 1. The van der Waals surface area contributed by atoms with Crippen molar-refractivity contribution in [1.29, 1.82) is 0 Å². The zero-order valence-corrected chi connectivity index (χ0v) is 11.1. The summed E-state index contributed by atoms with van der Waals surface area (Å²) in [5.41, 5.74) is 2.55. The monoisotopic (exact) mass is 273 g/mol. The molecule has 0 radical (unpaired) electrons. The van der Waals surface area contributed by atoms with E-state index in [2.05, 4.69) is 16.8 Å². The molecule has 0 fully saturated rings. The van der Waals surface area contributed by atoms with Crippen LogP contribution in [0.3, 0.4) is 0 Å². The molecule has 0 saturated carbocycles. The Balaban J connectivity index is 2.30. The molecule has 0 amide bonds. The molecule has 0 unspecified atom stereocenters. The third-order valence-corrected chi connectivity index (χ3v) is 3.90. The van der Waals surface area contributed by atoms with Gasteiger partial charge in [-0.15, -0.1) is 10.2 Å². The first-order chi connectivity index (χ1) is 8.98. The number of nitrogens with zero attached hydrogens (tertiary/aromatic N) is 3. The first-order valence-corrected chi connectivity index (χ1v) is 7.49. The number of benzene rings is 1. The van der Waals surface area contributed by atoms with Crippen LogP contribution in [0.4, 0.5) is 0 Å². The molecule has 0 aliphatic carbocycles. The summed E-state index contributed by atoms with van der Waals surface area (Å²) in [7, 11) is -3.43. The maximum Gasteiger partial charge on any atom is 0.253 e. The molecule has 0 N–H and O–H groups in total. The zero-order valence-electron chi connectivity index (χ0n) is 10.2. The highest BCUT2D eigenvalue weighted by Crippen LogP contribution is 2.29. The molecule has 2 aromatic rings. The first-order valence-electron chi connectivity index (χ1n) is 5.60. The topological polar surface area (TPSA) is 64.8 Å². The molecular formula is C13H11N3O2S. The molecule has 2 heterocycles. The maximum atomic E-state index is 11.7. The molecule has 96 valence electrons. The van der Waals surface area contributed by atoms with Crippen LogP contribution in [0.15, 0.2) is 36.0 Å². The smallest absolute Gasteiger partial charge is 0.253 e. The van der Waals surface area contributed by atoms with Crippen molar-refractivity contribution in [2.45, 2.75) is 5.16 Å². The van der Waals surface area contributed by atoms with Crippen LogP contribution < -0.4 is 0 Å². The van der Waals surface area contributed by atoms with E-state index in [1.54, 1.807) is 6.20 Å². The van der Waals surface area contributed by atoms with Gasteiger partial charge in [0.2, 0.25) is 9.84 Å². The molecule has 1 aliphatic heterocycles. The van der Waals surface area contributed by atoms with Crippen LogP contribution in [0.1, 0.15) is 17.0 Å². The van der Waals surface area contributed by atoms with Gasteiger partial charge in [-0.05, 0) is 17.2 Å². The maximum absolute atomic E-state index is 11.7. The summed E-state index contributed by atoms with van der Waals surface area (Å²) >= 11 is 0. The number of fused-ring (bicyclic) bond motifs is 2. The van der Waals surface area contributed by atoms with Crippen molar-refractivity contribution in [3.63, 3.8) is 0 Å². The molecule has 3 rings (SSSR count). The van der Waals surface area contributed by atoms with E-state index in [1.165, 1.54) is 4.57 Å². The molecule has 0 saturated heterocycles. The molecule has 6 heteroatoms. The summed E-state index contributed by atoms with van der Waals surface area (Å²) in [6.45, 7) is 3.99. The molecule has 1 aromatic heterocycles. The summed E-state index contributed by atoms with van der Waals surface area (Å²) in [4.78, 5) is 0. The lowest BCUT2D eigenvalue weighted by Gasteiger charge is -2.05. The SMILES string of the molecule is C=C1c2ccccc2C=Cn2c1nnc2S(C)(=O)=O. The van der Waals surface area contributed by atoms with Gasteiger partial charge in [-0.25, -0.2) is 8.42 Å². The Bertz CT molecular complexity index is 816. The van der Waals surface area contributed by atoms with Crippen molar-refractivity contribution in [2.75, 3.05) is 6.26 Å². The number of rotatable bonds is 1. The van der Waals surface area contributed by atoms with Gasteiger partial charge in [0.25, 0.3) is 5.16 Å². The van der Waals surface area contributed by atoms with Crippen molar-refractivity contribution in [3.8, 4) is 0 Å². The fourth-order valence-electron chi connectivity index (χ4n) is 2.06. The van der Waals surface area contributed by atoms with Crippen LogP contribution in [0.25, 0.3) is 17.8 Å². The van der Waals surface area contributed by atoms with Crippen LogP contribution in [0.5, 0.6) is 0 Å². The van der Waals surface area contributed by atoms with E-state index >= 15 is 0 Å². The van der Waals surface area contributed by atoms with Crippen LogP contribution >= 0.6 is 0 Å². The lowest BCUT2D eigenvalue weighted by molar-refractivity contribution is 0.590. The predicted molar refractivity (Wildman–Crippen MR) is 72.9 cm³/mol. The van der Waals surface area contributed by atoms with Gasteiger partial charge in [-0.3, -0.25) is 4.57 Å². The fourth-order valence-corrected chi connectivity index (χ4v) is 2.76. The highest BCUT2D eigenvalue weighted by Gasteiger charge is 2.23. The van der Waals surface area contributed by atoms with Gasteiger partial charge in [0.15, 0.2) is 5.82 Å². The Morgan fingerprint density at radius 1 is 1.21 bits per heavy atom.